The zero-order valence-electron chi connectivity index (χ0n) is 38.9. The van der Waals surface area contributed by atoms with Gasteiger partial charge in [0.05, 0.1) is 30.2 Å². The zero-order valence-corrected chi connectivity index (χ0v) is 38.9. The van der Waals surface area contributed by atoms with Gasteiger partial charge in [0.15, 0.2) is 0 Å². The average molecular weight is 966 g/mol. The Labute approximate surface area is 400 Å². The fraction of sp³-hybridized carbons (Fsp3) is 0.408. The summed E-state index contributed by atoms with van der Waals surface area (Å²) in [6.45, 7) is 7.95. The highest BCUT2D eigenvalue weighted by Gasteiger charge is 2.56. The molecule has 5 heterocycles. The van der Waals surface area contributed by atoms with Crippen LogP contribution in [0.25, 0.3) is 22.2 Å². The van der Waals surface area contributed by atoms with Crippen molar-refractivity contribution in [2.24, 2.45) is 16.7 Å². The lowest BCUT2D eigenvalue weighted by atomic mass is 9.80. The lowest BCUT2D eigenvalue weighted by Gasteiger charge is -2.29. The first-order chi connectivity index (χ1) is 33.2. The highest BCUT2D eigenvalue weighted by molar-refractivity contribution is 6.04. The summed E-state index contributed by atoms with van der Waals surface area (Å²) in [5, 5.41) is 14.5. The summed E-state index contributed by atoms with van der Waals surface area (Å²) in [7, 11) is 0. The second-order valence-electron chi connectivity index (χ2n) is 19.1. The Hall–Kier alpha value is -7.58. The highest BCUT2D eigenvalue weighted by atomic mass is 19.4. The number of carbonyl (C=O) groups excluding carboxylic acids is 6. The van der Waals surface area contributed by atoms with E-state index in [2.05, 4.69) is 67.0 Å². The molecule has 2 aromatic carbocycles. The van der Waals surface area contributed by atoms with E-state index in [4.69, 9.17) is 5.73 Å². The molecule has 1 saturated carbocycles. The molecule has 6 amide bonds. The lowest BCUT2D eigenvalue weighted by Crippen LogP contribution is -2.52. The minimum Gasteiger partial charge on any atom is -0.406 e. The van der Waals surface area contributed by atoms with E-state index < -0.39 is 24.2 Å². The van der Waals surface area contributed by atoms with Crippen LogP contribution >= 0.6 is 0 Å². The first-order valence-electron chi connectivity index (χ1n) is 23.0. The van der Waals surface area contributed by atoms with Crippen molar-refractivity contribution in [1.82, 2.24) is 40.8 Å². The molecule has 3 aromatic heterocycles. The molecule has 0 spiro atoms. The van der Waals surface area contributed by atoms with Gasteiger partial charge in [0.2, 0.25) is 29.5 Å². The number of hydrogen-bond acceptors (Lipinski definition) is 12. The van der Waals surface area contributed by atoms with Crippen molar-refractivity contribution in [2.75, 3.05) is 42.1 Å². The molecule has 0 radical (unpaired) electrons. The Bertz CT molecular complexity index is 2850. The molecule has 21 heteroatoms. The topological polar surface area (TPSA) is 245 Å². The van der Waals surface area contributed by atoms with Gasteiger partial charge in [0, 0.05) is 56.0 Å². The number of carbonyl (C=O) groups is 6. The van der Waals surface area contributed by atoms with Crippen molar-refractivity contribution in [3.63, 3.8) is 0 Å². The average Bonchev–Trinajstić information content (AvgIpc) is 3.58. The van der Waals surface area contributed by atoms with Crippen LogP contribution in [0.4, 0.5) is 30.4 Å². The van der Waals surface area contributed by atoms with Crippen LogP contribution in [-0.2, 0) is 43.4 Å². The third-order valence-electron chi connectivity index (χ3n) is 12.9. The fourth-order valence-corrected chi connectivity index (χ4v) is 9.52. The van der Waals surface area contributed by atoms with Gasteiger partial charge in [-0.3, -0.25) is 34.1 Å². The van der Waals surface area contributed by atoms with Gasteiger partial charge in [0.1, 0.15) is 35.3 Å². The summed E-state index contributed by atoms with van der Waals surface area (Å²) in [5.74, 6) is -2.22. The number of fused-ring (bicyclic) bond motifs is 2. The first-order valence-corrected chi connectivity index (χ1v) is 23.0. The number of amides is 6. The molecule has 8 rings (SSSR count). The van der Waals surface area contributed by atoms with E-state index in [1.807, 2.05) is 29.0 Å². The summed E-state index contributed by atoms with van der Waals surface area (Å²) < 4.78 is 44.3. The Balaban J connectivity index is 0.783. The summed E-state index contributed by atoms with van der Waals surface area (Å²) >= 11 is 0. The number of pyridine rings is 1. The predicted molar refractivity (Wildman–Crippen MR) is 252 cm³/mol. The number of aryl methyl sites for hydroxylation is 1. The van der Waals surface area contributed by atoms with Gasteiger partial charge >= 0.3 is 6.36 Å². The molecule has 2 aliphatic heterocycles. The number of benzene rings is 2. The summed E-state index contributed by atoms with van der Waals surface area (Å²) in [5.41, 5.74) is 10.9. The smallest absolute Gasteiger partial charge is 0.406 e. The van der Waals surface area contributed by atoms with Crippen LogP contribution in [0.3, 0.4) is 0 Å². The van der Waals surface area contributed by atoms with Gasteiger partial charge in [-0.2, -0.15) is 0 Å². The number of hydrogen-bond donors (Lipinski definition) is 6. The predicted octanol–water partition coefficient (Wildman–Crippen LogP) is 4.82. The van der Waals surface area contributed by atoms with Crippen LogP contribution in [0.15, 0.2) is 73.3 Å². The van der Waals surface area contributed by atoms with Gasteiger partial charge in [0.25, 0.3) is 5.91 Å². The maximum atomic E-state index is 13.4. The Morgan fingerprint density at radius 3 is 2.57 bits per heavy atom. The molecule has 70 heavy (non-hydrogen) atoms. The van der Waals surface area contributed by atoms with Crippen molar-refractivity contribution in [3.8, 4) is 16.9 Å². The van der Waals surface area contributed by atoms with Crippen LogP contribution in [0.2, 0.25) is 0 Å². The standard InChI is InChI=1S/C49H54F3N11O7/c1-47(2,26-57-39(65)23-55-31-9-10-35(56-22-31)45(68)60-36-11-13-38(64)61-46(36)69)25-48(3)21-34(48)44(67)54-15-5-16-62-24-33(41-42(53)58-27-59-43(41)62)29-8-12-37-30(20-29)14-17-63(37)40(66)19-28-6-4-7-32(18-28)70-49(50,51)52/h4,6-10,12,18,20,22,24,27,34,36,55H,5,11,13-17,19,21,23,25-26H2,1-3H3,(H,54,67)(H,57,65)(H,60,68)(H2,53,58,59)(H,61,64,69). The summed E-state index contributed by atoms with van der Waals surface area (Å²) in [6.07, 6.45) is 2.84. The minimum absolute atomic E-state index is 0.0149. The molecule has 1 saturated heterocycles. The molecule has 18 nitrogen and oxygen atoms in total. The number of ether oxygens (including phenoxy) is 1. The van der Waals surface area contributed by atoms with E-state index in [1.54, 1.807) is 17.0 Å². The number of rotatable bonds is 18. The second-order valence-corrected chi connectivity index (χ2v) is 19.1. The molecule has 0 bridgehead atoms. The molecule has 368 valence electrons. The molecule has 3 unspecified atom stereocenters. The largest absolute Gasteiger partial charge is 0.573 e. The quantitative estimate of drug-likeness (QED) is 0.0512. The van der Waals surface area contributed by atoms with Crippen molar-refractivity contribution in [1.29, 1.82) is 0 Å². The van der Waals surface area contributed by atoms with Gasteiger partial charge in [-0.25, -0.2) is 15.0 Å². The van der Waals surface area contributed by atoms with E-state index in [-0.39, 0.29) is 77.6 Å². The Morgan fingerprint density at radius 2 is 1.81 bits per heavy atom. The molecular weight excluding hydrogens is 912 g/mol. The SMILES string of the molecule is CC(C)(CNC(=O)CNc1ccc(C(=O)NC2CCC(=O)NC2=O)nc1)CC1(C)CC1C(=O)NCCCn1cc(-c2ccc3c(c2)CCN3C(=O)Cc2cccc(OC(F)(F)F)c2)c2c(N)ncnc21. The van der Waals surface area contributed by atoms with Crippen molar-refractivity contribution < 1.29 is 46.7 Å². The van der Waals surface area contributed by atoms with E-state index in [9.17, 15) is 41.9 Å². The number of alkyl halides is 3. The van der Waals surface area contributed by atoms with Gasteiger partial charge in [-0.05, 0) is 96.0 Å². The Morgan fingerprint density at radius 1 is 1.00 bits per heavy atom. The van der Waals surface area contributed by atoms with Crippen molar-refractivity contribution in [2.45, 2.75) is 84.7 Å². The fourth-order valence-electron chi connectivity index (χ4n) is 9.52. The van der Waals surface area contributed by atoms with Gasteiger partial charge in [-0.15, -0.1) is 13.2 Å². The van der Waals surface area contributed by atoms with Crippen molar-refractivity contribution in [3.05, 3.63) is 90.1 Å². The van der Waals surface area contributed by atoms with E-state index >= 15 is 0 Å². The van der Waals surface area contributed by atoms with Crippen LogP contribution in [0.1, 0.15) is 74.5 Å². The third-order valence-corrected chi connectivity index (χ3v) is 12.9. The molecular formula is C49H54F3N11O7. The van der Waals surface area contributed by atoms with E-state index in [0.29, 0.717) is 73.5 Å². The summed E-state index contributed by atoms with van der Waals surface area (Å²) in [6, 6.07) is 13.4. The minimum atomic E-state index is -4.84. The number of nitrogens with two attached hydrogens (primary N) is 1. The molecule has 3 aliphatic rings. The van der Waals surface area contributed by atoms with Crippen LogP contribution in [0.5, 0.6) is 5.75 Å². The number of piperidine rings is 1. The Kier molecular flexibility index (Phi) is 13.8. The third kappa shape index (κ3) is 11.6. The molecule has 5 aromatic rings. The lowest BCUT2D eigenvalue weighted by molar-refractivity contribution is -0.274. The van der Waals surface area contributed by atoms with Crippen LogP contribution in [0, 0.1) is 16.7 Å². The summed E-state index contributed by atoms with van der Waals surface area (Å²) in [4.78, 5) is 90.0. The van der Waals surface area contributed by atoms with E-state index in [0.717, 1.165) is 28.8 Å². The normalized spacial score (nSPS) is 18.7. The number of nitrogen functional groups attached to an aromatic ring is 1. The zero-order chi connectivity index (χ0) is 50.0. The van der Waals surface area contributed by atoms with Crippen LogP contribution < -0.4 is 42.0 Å². The van der Waals surface area contributed by atoms with Crippen molar-refractivity contribution >= 4 is 63.7 Å². The molecule has 1 aliphatic carbocycles. The number of anilines is 3. The number of halogens is 3. The second kappa shape index (κ2) is 19.8. The molecule has 2 fully saturated rings. The first kappa shape index (κ1) is 48.9. The number of imide groups is 1. The number of nitrogens with one attached hydrogen (secondary N) is 5. The maximum absolute atomic E-state index is 13.4. The number of nitrogens with zero attached hydrogens (tertiary/aromatic N) is 5. The number of aromatic nitrogens is 4. The van der Waals surface area contributed by atoms with E-state index in [1.165, 1.54) is 36.8 Å². The monoisotopic (exact) mass is 965 g/mol. The highest BCUT2D eigenvalue weighted by Crippen LogP contribution is 2.58. The van der Waals surface area contributed by atoms with Gasteiger partial charge < -0.3 is 41.2 Å². The maximum Gasteiger partial charge on any atom is 0.573 e. The van der Waals surface area contributed by atoms with Crippen LogP contribution in [-0.4, -0.2) is 93.5 Å². The molecule has 7 N–H and O–H groups in total. The van der Waals surface area contributed by atoms with Gasteiger partial charge in [-0.1, -0.05) is 39.0 Å². The molecule has 3 atom stereocenters.